The Morgan fingerprint density at radius 1 is 1.39 bits per heavy atom. The predicted octanol–water partition coefficient (Wildman–Crippen LogP) is 1.07. The standard InChI is InChI=1S/C12H16N2O3S/c1-7(12(16)17)8-2-4-9(5-3-8)14-11(15)10(13)6-18/h2-5,7,10,18H,6,13H2,1H3,(H,14,15)(H,16,17). The van der Waals surface area contributed by atoms with Crippen molar-refractivity contribution in [2.75, 3.05) is 11.1 Å². The molecule has 0 bridgehead atoms. The lowest BCUT2D eigenvalue weighted by atomic mass is 10.0. The van der Waals surface area contributed by atoms with Gasteiger partial charge in [0.25, 0.3) is 0 Å². The third kappa shape index (κ3) is 3.75. The number of amides is 1. The SMILES string of the molecule is CC(C(=O)O)c1ccc(NC(=O)C(N)CS)cc1. The van der Waals surface area contributed by atoms with Crippen molar-refractivity contribution >= 4 is 30.2 Å². The van der Waals surface area contributed by atoms with E-state index in [4.69, 9.17) is 10.8 Å². The van der Waals surface area contributed by atoms with Gasteiger partial charge < -0.3 is 16.2 Å². The summed E-state index contributed by atoms with van der Waals surface area (Å²) >= 11 is 3.94. The van der Waals surface area contributed by atoms with Gasteiger partial charge in [-0.05, 0) is 24.6 Å². The van der Waals surface area contributed by atoms with Crippen LogP contribution in [0.15, 0.2) is 24.3 Å². The van der Waals surface area contributed by atoms with Crippen LogP contribution in [0.1, 0.15) is 18.4 Å². The van der Waals surface area contributed by atoms with Gasteiger partial charge in [-0.25, -0.2) is 0 Å². The predicted molar refractivity (Wildman–Crippen MR) is 73.0 cm³/mol. The van der Waals surface area contributed by atoms with E-state index in [1.165, 1.54) is 0 Å². The molecule has 2 atom stereocenters. The van der Waals surface area contributed by atoms with Gasteiger partial charge >= 0.3 is 5.97 Å². The molecule has 0 fully saturated rings. The number of benzene rings is 1. The van der Waals surface area contributed by atoms with E-state index in [1.54, 1.807) is 31.2 Å². The first-order chi connectivity index (χ1) is 8.45. The number of hydrogen-bond acceptors (Lipinski definition) is 4. The van der Waals surface area contributed by atoms with E-state index in [0.717, 1.165) is 0 Å². The molecule has 0 saturated heterocycles. The topological polar surface area (TPSA) is 92.4 Å². The van der Waals surface area contributed by atoms with Crippen LogP contribution in [0, 0.1) is 0 Å². The average Bonchev–Trinajstić information content (AvgIpc) is 2.37. The van der Waals surface area contributed by atoms with Crippen molar-refractivity contribution in [3.05, 3.63) is 29.8 Å². The minimum atomic E-state index is -0.885. The lowest BCUT2D eigenvalue weighted by Gasteiger charge is -2.11. The van der Waals surface area contributed by atoms with E-state index in [9.17, 15) is 9.59 Å². The molecule has 1 aromatic carbocycles. The number of nitrogens with one attached hydrogen (secondary N) is 1. The zero-order valence-corrected chi connectivity index (χ0v) is 10.9. The first-order valence-corrected chi connectivity index (χ1v) is 6.09. The first-order valence-electron chi connectivity index (χ1n) is 5.45. The molecule has 0 radical (unpaired) electrons. The first kappa shape index (κ1) is 14.5. The number of hydrogen-bond donors (Lipinski definition) is 4. The van der Waals surface area contributed by atoms with Gasteiger partial charge in [0.05, 0.1) is 12.0 Å². The summed E-state index contributed by atoms with van der Waals surface area (Å²) < 4.78 is 0. The zero-order chi connectivity index (χ0) is 13.7. The second-order valence-corrected chi connectivity index (χ2v) is 4.33. The number of anilines is 1. The molecule has 6 heteroatoms. The molecule has 1 aromatic rings. The highest BCUT2D eigenvalue weighted by atomic mass is 32.1. The fourth-order valence-electron chi connectivity index (χ4n) is 1.32. The van der Waals surface area contributed by atoms with Crippen molar-refractivity contribution in [3.8, 4) is 0 Å². The average molecular weight is 268 g/mol. The monoisotopic (exact) mass is 268 g/mol. The Morgan fingerprint density at radius 3 is 2.39 bits per heavy atom. The van der Waals surface area contributed by atoms with Crippen LogP contribution in [0.5, 0.6) is 0 Å². The third-order valence-corrected chi connectivity index (χ3v) is 2.98. The summed E-state index contributed by atoms with van der Waals surface area (Å²) in [6.07, 6.45) is 0. The molecule has 18 heavy (non-hydrogen) atoms. The highest BCUT2D eigenvalue weighted by molar-refractivity contribution is 7.80. The number of carbonyl (C=O) groups is 2. The van der Waals surface area contributed by atoms with Gasteiger partial charge in [-0.3, -0.25) is 9.59 Å². The van der Waals surface area contributed by atoms with E-state index in [-0.39, 0.29) is 11.7 Å². The molecule has 1 amide bonds. The van der Waals surface area contributed by atoms with Crippen molar-refractivity contribution in [2.24, 2.45) is 5.73 Å². The van der Waals surface area contributed by atoms with Crippen molar-refractivity contribution < 1.29 is 14.7 Å². The summed E-state index contributed by atoms with van der Waals surface area (Å²) in [4.78, 5) is 22.3. The lowest BCUT2D eigenvalue weighted by Crippen LogP contribution is -2.37. The Balaban J connectivity index is 2.72. The molecule has 0 aliphatic heterocycles. The smallest absolute Gasteiger partial charge is 0.310 e. The van der Waals surface area contributed by atoms with Crippen LogP contribution in [0.25, 0.3) is 0 Å². The Kier molecular flexibility index (Phi) is 5.18. The second-order valence-electron chi connectivity index (χ2n) is 3.96. The van der Waals surface area contributed by atoms with Crippen molar-refractivity contribution in [2.45, 2.75) is 18.9 Å². The maximum absolute atomic E-state index is 11.5. The largest absolute Gasteiger partial charge is 0.481 e. The van der Waals surface area contributed by atoms with Crippen LogP contribution in [-0.4, -0.2) is 28.8 Å². The van der Waals surface area contributed by atoms with Gasteiger partial charge in [0, 0.05) is 11.4 Å². The summed E-state index contributed by atoms with van der Waals surface area (Å²) in [6.45, 7) is 1.60. The Bertz CT molecular complexity index is 433. The quantitative estimate of drug-likeness (QED) is 0.601. The van der Waals surface area contributed by atoms with Gasteiger partial charge in [-0.2, -0.15) is 12.6 Å². The summed E-state index contributed by atoms with van der Waals surface area (Å²) in [5, 5.41) is 11.5. The number of thiol groups is 1. The van der Waals surface area contributed by atoms with Crippen LogP contribution in [0.3, 0.4) is 0 Å². The maximum Gasteiger partial charge on any atom is 0.310 e. The third-order valence-electron chi connectivity index (χ3n) is 2.58. The second kappa shape index (κ2) is 6.42. The maximum atomic E-state index is 11.5. The van der Waals surface area contributed by atoms with Gasteiger partial charge in [0.15, 0.2) is 0 Å². The number of carboxylic acids is 1. The van der Waals surface area contributed by atoms with E-state index in [2.05, 4.69) is 17.9 Å². The molecule has 98 valence electrons. The molecule has 5 nitrogen and oxygen atoms in total. The fraction of sp³-hybridized carbons (Fsp3) is 0.333. The minimum absolute atomic E-state index is 0.264. The van der Waals surface area contributed by atoms with Gasteiger partial charge in [0.1, 0.15) is 0 Å². The summed E-state index contributed by atoms with van der Waals surface area (Å²) in [7, 11) is 0. The number of aliphatic carboxylic acids is 1. The minimum Gasteiger partial charge on any atom is -0.481 e. The van der Waals surface area contributed by atoms with Crippen molar-refractivity contribution in [1.82, 2.24) is 0 Å². The normalized spacial score (nSPS) is 13.7. The molecule has 0 heterocycles. The number of carbonyl (C=O) groups excluding carboxylic acids is 1. The Hall–Kier alpha value is -1.53. The Labute approximate surface area is 111 Å². The van der Waals surface area contributed by atoms with Crippen LogP contribution in [-0.2, 0) is 9.59 Å². The summed E-state index contributed by atoms with van der Waals surface area (Å²) in [6, 6.07) is 5.97. The van der Waals surface area contributed by atoms with E-state index >= 15 is 0 Å². The van der Waals surface area contributed by atoms with Gasteiger partial charge in [-0.15, -0.1) is 0 Å². The van der Waals surface area contributed by atoms with Gasteiger partial charge in [0.2, 0.25) is 5.91 Å². The lowest BCUT2D eigenvalue weighted by molar-refractivity contribution is -0.138. The van der Waals surface area contributed by atoms with E-state index < -0.39 is 17.9 Å². The molecule has 0 aliphatic rings. The van der Waals surface area contributed by atoms with Crippen LogP contribution < -0.4 is 11.1 Å². The summed E-state index contributed by atoms with van der Waals surface area (Å²) in [5.74, 6) is -1.51. The molecule has 0 aromatic heterocycles. The number of rotatable bonds is 5. The number of carboxylic acid groups (broad SMARTS) is 1. The molecule has 0 aliphatic carbocycles. The Morgan fingerprint density at radius 2 is 1.94 bits per heavy atom. The van der Waals surface area contributed by atoms with Crippen molar-refractivity contribution in [3.63, 3.8) is 0 Å². The molecule has 0 spiro atoms. The highest BCUT2D eigenvalue weighted by Crippen LogP contribution is 2.18. The van der Waals surface area contributed by atoms with Crippen LogP contribution >= 0.6 is 12.6 Å². The molecule has 0 saturated carbocycles. The molecule has 4 N–H and O–H groups in total. The zero-order valence-electron chi connectivity index (χ0n) is 9.96. The van der Waals surface area contributed by atoms with Gasteiger partial charge in [-0.1, -0.05) is 12.1 Å². The highest BCUT2D eigenvalue weighted by Gasteiger charge is 2.14. The summed E-state index contributed by atoms with van der Waals surface area (Å²) in [5.41, 5.74) is 6.78. The van der Waals surface area contributed by atoms with Crippen LogP contribution in [0.2, 0.25) is 0 Å². The molecule has 2 unspecified atom stereocenters. The molecular weight excluding hydrogens is 252 g/mol. The van der Waals surface area contributed by atoms with E-state index in [0.29, 0.717) is 11.3 Å². The van der Waals surface area contributed by atoms with Crippen LogP contribution in [0.4, 0.5) is 5.69 Å². The van der Waals surface area contributed by atoms with E-state index in [1.807, 2.05) is 0 Å². The van der Waals surface area contributed by atoms with Crippen molar-refractivity contribution in [1.29, 1.82) is 0 Å². The molecular formula is C12H16N2O3S. The fourth-order valence-corrected chi connectivity index (χ4v) is 1.48. The number of nitrogens with two attached hydrogens (primary N) is 1. The molecule has 1 rings (SSSR count).